The standard InChI is InChI=1S/C37H58O10S2/c1-21-8-10-27-23(3)31(42-36-20-35(27,36)25(21)12-16-34(6,44-36)45-39)48-18-7-17-40-29(38)14-19-49-30-24(4)28-11-9-22(2)26-13-15-33(5)43-32(41-30)37(26,28)47-46-33/h21-28,30-32,39H,7-20H2,1-6H3/t21-,22-,23-,24-,25+,26+,27+,28+,30+,31+,32-,33-,34-,35+,36+,37-/m1/s1. The molecular weight excluding hydrogens is 669 g/mol. The van der Waals surface area contributed by atoms with Gasteiger partial charge in [-0.25, -0.2) is 19.9 Å². The predicted octanol–water partition coefficient (Wildman–Crippen LogP) is 7.74. The molecule has 9 aliphatic rings. The maximum absolute atomic E-state index is 12.8. The average Bonchev–Trinajstić information content (AvgIpc) is 3.78. The molecule has 3 saturated carbocycles. The third-order valence-electron chi connectivity index (χ3n) is 14.4. The third-order valence-corrected chi connectivity index (χ3v) is 17.1. The van der Waals surface area contributed by atoms with Gasteiger partial charge in [0.1, 0.15) is 10.9 Å². The Hall–Kier alpha value is -0.150. The van der Waals surface area contributed by atoms with Crippen molar-refractivity contribution in [3.8, 4) is 0 Å². The normalized spacial score (nSPS) is 54.1. The van der Waals surface area contributed by atoms with Crippen molar-refractivity contribution in [1.29, 1.82) is 0 Å². The van der Waals surface area contributed by atoms with Crippen LogP contribution < -0.4 is 0 Å². The number of esters is 1. The second-order valence-corrected chi connectivity index (χ2v) is 19.7. The summed E-state index contributed by atoms with van der Waals surface area (Å²) >= 11 is 3.50. The number of fused-ring (bicyclic) bond motifs is 2. The van der Waals surface area contributed by atoms with Crippen LogP contribution in [0.15, 0.2) is 0 Å². The zero-order valence-corrected chi connectivity index (χ0v) is 31.8. The summed E-state index contributed by atoms with van der Waals surface area (Å²) in [7, 11) is 0. The highest BCUT2D eigenvalue weighted by molar-refractivity contribution is 8.00. The van der Waals surface area contributed by atoms with Crippen molar-refractivity contribution in [1.82, 2.24) is 0 Å². The zero-order chi connectivity index (χ0) is 34.4. The fourth-order valence-electron chi connectivity index (χ4n) is 11.8. The number of thioether (sulfide) groups is 2. The lowest BCUT2D eigenvalue weighted by Gasteiger charge is -2.60. The molecule has 16 atom stereocenters. The summed E-state index contributed by atoms with van der Waals surface area (Å²) in [6, 6.07) is 0. The van der Waals surface area contributed by atoms with Gasteiger partial charge in [-0.2, -0.15) is 0 Å². The van der Waals surface area contributed by atoms with Crippen LogP contribution in [0.5, 0.6) is 0 Å². The fourth-order valence-corrected chi connectivity index (χ4v) is 14.2. The van der Waals surface area contributed by atoms with Gasteiger partial charge in [0, 0.05) is 36.3 Å². The highest BCUT2D eigenvalue weighted by atomic mass is 32.2. The zero-order valence-electron chi connectivity index (χ0n) is 30.2. The van der Waals surface area contributed by atoms with E-state index in [1.54, 1.807) is 23.5 Å². The summed E-state index contributed by atoms with van der Waals surface area (Å²) in [5.41, 5.74) is -0.617. The van der Waals surface area contributed by atoms with Crippen molar-refractivity contribution >= 4 is 29.5 Å². The first-order valence-electron chi connectivity index (χ1n) is 19.2. The summed E-state index contributed by atoms with van der Waals surface area (Å²) in [6.45, 7) is 13.5. The first-order chi connectivity index (χ1) is 23.4. The number of carbonyl (C=O) groups is 1. The summed E-state index contributed by atoms with van der Waals surface area (Å²) in [4.78, 5) is 29.9. The van der Waals surface area contributed by atoms with E-state index in [0.717, 1.165) is 44.3 Å². The second-order valence-electron chi connectivity index (χ2n) is 17.3. The SMILES string of the molecule is C[C@H]1[C@H](SCCC(=O)OCCCS[C@@H]2O[C@]34C[C@]35[C@@H](CC[C@@H](C)[C@@H]5CC[C@@](C)(OO)O4)[C@H]2C)O[C@@H]2O[C@@]3(C)CC[C@H]4[C@H](C)CC[C@@H]1[C@@]24OO3. The Bertz CT molecular complexity index is 1260. The fraction of sp³-hybridized carbons (Fsp3) is 0.973. The Morgan fingerprint density at radius 2 is 1.53 bits per heavy atom. The lowest BCUT2D eigenvalue weighted by molar-refractivity contribution is -0.568. The molecule has 6 saturated heterocycles. The highest BCUT2D eigenvalue weighted by Crippen LogP contribution is 2.79. The maximum Gasteiger partial charge on any atom is 0.306 e. The quantitative estimate of drug-likeness (QED) is 0.103. The van der Waals surface area contributed by atoms with Gasteiger partial charge in [-0.05, 0) is 99.6 Å². The number of ether oxygens (including phenoxy) is 5. The molecule has 9 fully saturated rings. The molecule has 0 aromatic heterocycles. The van der Waals surface area contributed by atoms with Crippen LogP contribution in [-0.4, -0.2) is 69.5 Å². The van der Waals surface area contributed by atoms with Crippen molar-refractivity contribution < 1.29 is 48.4 Å². The van der Waals surface area contributed by atoms with Gasteiger partial charge in [-0.1, -0.05) is 34.1 Å². The minimum Gasteiger partial charge on any atom is -0.466 e. The number of rotatable bonds is 10. The lowest BCUT2D eigenvalue weighted by Crippen LogP contribution is -2.70. The van der Waals surface area contributed by atoms with E-state index in [4.69, 9.17) is 38.3 Å². The van der Waals surface area contributed by atoms with E-state index in [0.29, 0.717) is 60.7 Å². The molecule has 0 aromatic rings. The molecule has 49 heavy (non-hydrogen) atoms. The van der Waals surface area contributed by atoms with Gasteiger partial charge in [0.2, 0.25) is 11.6 Å². The van der Waals surface area contributed by atoms with Gasteiger partial charge in [-0.15, -0.1) is 23.5 Å². The largest absolute Gasteiger partial charge is 0.466 e. The molecule has 0 amide bonds. The Morgan fingerprint density at radius 1 is 0.816 bits per heavy atom. The van der Waals surface area contributed by atoms with Crippen molar-refractivity contribution in [2.45, 2.75) is 152 Å². The molecular formula is C37H58O10S2. The summed E-state index contributed by atoms with van der Waals surface area (Å²) in [6.07, 6.45) is 9.68. The molecule has 2 spiro atoms. The Balaban J connectivity index is 0.798. The van der Waals surface area contributed by atoms with Gasteiger partial charge in [0.05, 0.1) is 13.0 Å². The molecule has 3 aliphatic carbocycles. The lowest BCUT2D eigenvalue weighted by atomic mass is 9.58. The summed E-state index contributed by atoms with van der Waals surface area (Å²) in [5.74, 6) is 2.29. The van der Waals surface area contributed by atoms with Gasteiger partial charge in [-0.3, -0.25) is 4.79 Å². The van der Waals surface area contributed by atoms with Crippen LogP contribution in [0.1, 0.15) is 112 Å². The van der Waals surface area contributed by atoms with Gasteiger partial charge >= 0.3 is 5.97 Å². The van der Waals surface area contributed by atoms with Crippen LogP contribution in [0.4, 0.5) is 0 Å². The highest BCUT2D eigenvalue weighted by Gasteiger charge is 2.83. The number of carbonyl (C=O) groups excluding carboxylic acids is 1. The molecule has 2 bridgehead atoms. The molecule has 0 unspecified atom stereocenters. The van der Waals surface area contributed by atoms with E-state index in [1.807, 2.05) is 13.8 Å². The molecule has 9 rings (SSSR count). The second kappa shape index (κ2) is 13.0. The molecule has 10 nitrogen and oxygen atoms in total. The Morgan fingerprint density at radius 3 is 2.33 bits per heavy atom. The predicted molar refractivity (Wildman–Crippen MR) is 184 cm³/mol. The molecule has 6 heterocycles. The van der Waals surface area contributed by atoms with E-state index in [1.165, 1.54) is 19.3 Å². The minimum absolute atomic E-state index is 0.00527. The van der Waals surface area contributed by atoms with Gasteiger partial charge in [0.25, 0.3) is 0 Å². The van der Waals surface area contributed by atoms with Crippen LogP contribution >= 0.6 is 23.5 Å². The first kappa shape index (κ1) is 35.9. The van der Waals surface area contributed by atoms with Gasteiger partial charge < -0.3 is 23.7 Å². The van der Waals surface area contributed by atoms with E-state index in [9.17, 15) is 10.1 Å². The molecule has 6 aliphatic heterocycles. The van der Waals surface area contributed by atoms with Crippen LogP contribution in [0.3, 0.4) is 0 Å². The molecule has 0 radical (unpaired) electrons. The summed E-state index contributed by atoms with van der Waals surface area (Å²) < 4.78 is 32.3. The molecule has 1 N–H and O–H groups in total. The topological polar surface area (TPSA) is 111 Å². The van der Waals surface area contributed by atoms with Crippen LogP contribution in [-0.2, 0) is 43.1 Å². The van der Waals surface area contributed by atoms with Crippen molar-refractivity contribution in [3.63, 3.8) is 0 Å². The minimum atomic E-state index is -1.04. The first-order valence-corrected chi connectivity index (χ1v) is 21.3. The van der Waals surface area contributed by atoms with Crippen molar-refractivity contribution in [2.24, 2.45) is 52.8 Å². The Labute approximate surface area is 300 Å². The van der Waals surface area contributed by atoms with E-state index < -0.39 is 29.3 Å². The van der Waals surface area contributed by atoms with Crippen LogP contribution in [0.25, 0.3) is 0 Å². The van der Waals surface area contributed by atoms with Crippen LogP contribution in [0, 0.1) is 52.8 Å². The third kappa shape index (κ3) is 5.70. The summed E-state index contributed by atoms with van der Waals surface area (Å²) in [5, 5.41) is 9.77. The van der Waals surface area contributed by atoms with Crippen molar-refractivity contribution in [2.75, 3.05) is 18.1 Å². The molecule has 278 valence electrons. The van der Waals surface area contributed by atoms with Crippen molar-refractivity contribution in [3.05, 3.63) is 0 Å². The number of hydrogen-bond acceptors (Lipinski definition) is 12. The molecule has 12 heteroatoms. The average molecular weight is 727 g/mol. The van der Waals surface area contributed by atoms with E-state index in [2.05, 4.69) is 27.7 Å². The van der Waals surface area contributed by atoms with Crippen LogP contribution in [0.2, 0.25) is 0 Å². The van der Waals surface area contributed by atoms with E-state index in [-0.39, 0.29) is 34.1 Å². The Kier molecular flexibility index (Phi) is 9.52. The maximum atomic E-state index is 12.8. The number of hydrogen-bond donors (Lipinski definition) is 1. The molecule has 0 aromatic carbocycles. The smallest absolute Gasteiger partial charge is 0.306 e. The van der Waals surface area contributed by atoms with E-state index >= 15 is 0 Å². The van der Waals surface area contributed by atoms with Gasteiger partial charge in [0.15, 0.2) is 17.7 Å². The monoisotopic (exact) mass is 726 g/mol.